The van der Waals surface area contributed by atoms with Gasteiger partial charge in [0.2, 0.25) is 0 Å². The molecule has 0 radical (unpaired) electrons. The predicted octanol–water partition coefficient (Wildman–Crippen LogP) is 1.89. The minimum absolute atomic E-state index is 0. The van der Waals surface area contributed by atoms with Crippen LogP contribution in [0.3, 0.4) is 0 Å². The minimum Gasteiger partial charge on any atom is -0.481 e. The molecule has 1 N–H and O–H groups in total. The Morgan fingerprint density at radius 1 is 1.19 bits per heavy atom. The predicted molar refractivity (Wildman–Crippen MR) is 71.0 cm³/mol. The zero-order chi connectivity index (χ0) is 11.4. The molecule has 0 saturated heterocycles. The monoisotopic (exact) mass is 236 g/mol. The standard InChI is InChI=1S/C13H18O2.Al.3H/c1-9(2)8-11-4-6-12(7-5-11)10(3)13(14)15;;;;/h4-7,9-10H,8H2,1-3H3,(H,14,15);;;;. The largest absolute Gasteiger partial charge is 0.481 e. The summed E-state index contributed by atoms with van der Waals surface area (Å²) in [6, 6.07) is 7.87. The Balaban J connectivity index is 0.00000225. The van der Waals surface area contributed by atoms with Gasteiger partial charge in [-0.05, 0) is 30.4 Å². The molecule has 0 bridgehead atoms. The van der Waals surface area contributed by atoms with Crippen LogP contribution >= 0.6 is 0 Å². The molecule has 1 rings (SSSR count). The molecule has 16 heavy (non-hydrogen) atoms. The molecule has 0 amide bonds. The van der Waals surface area contributed by atoms with Crippen LogP contribution in [0.4, 0.5) is 0 Å². The van der Waals surface area contributed by atoms with Gasteiger partial charge in [-0.2, -0.15) is 0 Å². The van der Waals surface area contributed by atoms with Crippen LogP contribution in [0.15, 0.2) is 24.3 Å². The number of aliphatic carboxylic acids is 1. The highest BCUT2D eigenvalue weighted by Gasteiger charge is 2.12. The van der Waals surface area contributed by atoms with Gasteiger partial charge in [0, 0.05) is 0 Å². The normalized spacial score (nSPS) is 12.0. The van der Waals surface area contributed by atoms with E-state index in [1.165, 1.54) is 5.56 Å². The van der Waals surface area contributed by atoms with E-state index in [1.807, 2.05) is 24.3 Å². The van der Waals surface area contributed by atoms with Gasteiger partial charge in [0.15, 0.2) is 17.4 Å². The zero-order valence-corrected chi connectivity index (χ0v) is 9.53. The Hall–Kier alpha value is -0.778. The van der Waals surface area contributed by atoms with E-state index >= 15 is 0 Å². The number of carbonyl (C=O) groups is 1. The second kappa shape index (κ2) is 6.73. The first kappa shape index (κ1) is 15.2. The van der Waals surface area contributed by atoms with Gasteiger partial charge in [-0.1, -0.05) is 38.1 Å². The summed E-state index contributed by atoms with van der Waals surface area (Å²) in [5.41, 5.74) is 2.14. The first-order chi connectivity index (χ1) is 7.00. The van der Waals surface area contributed by atoms with E-state index in [1.54, 1.807) is 6.92 Å². The molecule has 0 aliphatic rings. The summed E-state index contributed by atoms with van der Waals surface area (Å²) in [4.78, 5) is 10.8. The summed E-state index contributed by atoms with van der Waals surface area (Å²) in [5, 5.41) is 8.85. The number of carboxylic acids is 1. The van der Waals surface area contributed by atoms with Crippen molar-refractivity contribution in [3.05, 3.63) is 35.4 Å². The fraction of sp³-hybridized carbons (Fsp3) is 0.462. The van der Waals surface area contributed by atoms with Crippen LogP contribution in [-0.4, -0.2) is 28.4 Å². The van der Waals surface area contributed by atoms with E-state index in [0.29, 0.717) is 5.92 Å². The van der Waals surface area contributed by atoms with Crippen molar-refractivity contribution in [3.8, 4) is 0 Å². The second-order valence-corrected chi connectivity index (χ2v) is 4.40. The van der Waals surface area contributed by atoms with Gasteiger partial charge in [-0.15, -0.1) is 0 Å². The smallest absolute Gasteiger partial charge is 0.310 e. The molecule has 0 fully saturated rings. The molecular weight excluding hydrogens is 215 g/mol. The maximum atomic E-state index is 10.8. The quantitative estimate of drug-likeness (QED) is 0.811. The topological polar surface area (TPSA) is 37.3 Å². The Labute approximate surface area is 108 Å². The SMILES string of the molecule is CC(C)Cc1ccc(C(C)C(=O)O)cc1.[AlH3]. The van der Waals surface area contributed by atoms with E-state index in [4.69, 9.17) is 5.11 Å². The van der Waals surface area contributed by atoms with Crippen molar-refractivity contribution in [1.29, 1.82) is 0 Å². The molecule has 88 valence electrons. The maximum absolute atomic E-state index is 10.8. The Bertz CT molecular complexity index is 330. The molecular formula is C13H21AlO2. The Morgan fingerprint density at radius 3 is 2.06 bits per heavy atom. The lowest BCUT2D eigenvalue weighted by Gasteiger charge is -2.09. The van der Waals surface area contributed by atoms with Crippen LogP contribution in [0, 0.1) is 5.92 Å². The second-order valence-electron chi connectivity index (χ2n) is 4.40. The third-order valence-electron chi connectivity index (χ3n) is 2.49. The van der Waals surface area contributed by atoms with Gasteiger partial charge >= 0.3 is 5.97 Å². The number of benzene rings is 1. The highest BCUT2D eigenvalue weighted by atomic mass is 27.0. The molecule has 0 aliphatic carbocycles. The highest BCUT2D eigenvalue weighted by Crippen LogP contribution is 2.17. The number of rotatable bonds is 4. The van der Waals surface area contributed by atoms with Crippen LogP contribution in [0.5, 0.6) is 0 Å². The molecule has 2 nitrogen and oxygen atoms in total. The van der Waals surface area contributed by atoms with E-state index in [9.17, 15) is 4.79 Å². The van der Waals surface area contributed by atoms with Crippen molar-refractivity contribution in [2.45, 2.75) is 33.1 Å². The lowest BCUT2D eigenvalue weighted by molar-refractivity contribution is -0.138. The van der Waals surface area contributed by atoms with E-state index in [2.05, 4.69) is 13.8 Å². The third-order valence-corrected chi connectivity index (χ3v) is 2.49. The van der Waals surface area contributed by atoms with Crippen molar-refractivity contribution in [2.24, 2.45) is 5.92 Å². The van der Waals surface area contributed by atoms with Crippen molar-refractivity contribution in [1.82, 2.24) is 0 Å². The molecule has 0 aliphatic heterocycles. The van der Waals surface area contributed by atoms with Gasteiger partial charge in [-0.3, -0.25) is 4.79 Å². The van der Waals surface area contributed by atoms with Gasteiger partial charge in [0.05, 0.1) is 5.92 Å². The average Bonchev–Trinajstić information content (AvgIpc) is 2.17. The molecule has 3 heteroatoms. The van der Waals surface area contributed by atoms with Crippen LogP contribution in [0.1, 0.15) is 37.8 Å². The molecule has 1 atom stereocenters. The first-order valence-corrected chi connectivity index (χ1v) is 5.32. The van der Waals surface area contributed by atoms with Crippen molar-refractivity contribution in [2.75, 3.05) is 0 Å². The Morgan fingerprint density at radius 2 is 1.69 bits per heavy atom. The summed E-state index contributed by atoms with van der Waals surface area (Å²) in [6.07, 6.45) is 1.04. The molecule has 0 aromatic heterocycles. The zero-order valence-electron chi connectivity index (χ0n) is 9.53. The van der Waals surface area contributed by atoms with Gasteiger partial charge in [0.25, 0.3) is 0 Å². The number of hydrogen-bond donors (Lipinski definition) is 1. The average molecular weight is 236 g/mol. The van der Waals surface area contributed by atoms with Crippen LogP contribution in [0.2, 0.25) is 0 Å². The molecule has 0 spiro atoms. The minimum atomic E-state index is -0.772. The summed E-state index contributed by atoms with van der Waals surface area (Å²) < 4.78 is 0. The van der Waals surface area contributed by atoms with Gasteiger partial charge in [0.1, 0.15) is 0 Å². The van der Waals surface area contributed by atoms with Crippen LogP contribution in [0.25, 0.3) is 0 Å². The van der Waals surface area contributed by atoms with Gasteiger partial charge in [-0.25, -0.2) is 0 Å². The maximum Gasteiger partial charge on any atom is 0.310 e. The molecule has 0 heterocycles. The van der Waals surface area contributed by atoms with E-state index in [0.717, 1.165) is 12.0 Å². The van der Waals surface area contributed by atoms with Crippen molar-refractivity contribution < 1.29 is 9.90 Å². The van der Waals surface area contributed by atoms with E-state index in [-0.39, 0.29) is 17.4 Å². The number of carboxylic acid groups (broad SMARTS) is 1. The summed E-state index contributed by atoms with van der Waals surface area (Å²) in [6.45, 7) is 6.06. The lowest BCUT2D eigenvalue weighted by atomic mass is 9.97. The molecule has 1 unspecified atom stereocenters. The lowest BCUT2D eigenvalue weighted by Crippen LogP contribution is -2.07. The summed E-state index contributed by atoms with van der Waals surface area (Å²) in [7, 11) is 0. The number of hydrogen-bond acceptors (Lipinski definition) is 1. The van der Waals surface area contributed by atoms with Crippen molar-refractivity contribution >= 4 is 23.3 Å². The first-order valence-electron chi connectivity index (χ1n) is 5.32. The van der Waals surface area contributed by atoms with Gasteiger partial charge < -0.3 is 5.11 Å². The highest BCUT2D eigenvalue weighted by molar-refractivity contribution is 5.75. The van der Waals surface area contributed by atoms with E-state index < -0.39 is 11.9 Å². The fourth-order valence-corrected chi connectivity index (χ4v) is 1.56. The molecule has 1 aromatic rings. The van der Waals surface area contributed by atoms with Crippen LogP contribution in [-0.2, 0) is 11.2 Å². The third kappa shape index (κ3) is 4.39. The molecule has 0 saturated carbocycles. The van der Waals surface area contributed by atoms with Crippen LogP contribution < -0.4 is 0 Å². The Kier molecular flexibility index (Phi) is 6.40. The fourth-order valence-electron chi connectivity index (χ4n) is 1.56. The summed E-state index contributed by atoms with van der Waals surface area (Å²) in [5.74, 6) is -0.558. The molecule has 1 aromatic carbocycles. The van der Waals surface area contributed by atoms with Crippen molar-refractivity contribution in [3.63, 3.8) is 0 Å². The summed E-state index contributed by atoms with van der Waals surface area (Å²) >= 11 is 0.